The summed E-state index contributed by atoms with van der Waals surface area (Å²) in [6.45, 7) is 2.18. The lowest BCUT2D eigenvalue weighted by molar-refractivity contribution is -0.121. The van der Waals surface area contributed by atoms with Crippen molar-refractivity contribution in [1.82, 2.24) is 15.1 Å². The smallest absolute Gasteiger partial charge is 0.241 e. The predicted molar refractivity (Wildman–Crippen MR) is 76.4 cm³/mol. The third kappa shape index (κ3) is 3.50. The number of likely N-dealkylation sites (N-methyl/N-ethyl adjacent to an activating group) is 1. The number of phenolic OH excluding ortho intramolecular Hbond substituents is 1. The average Bonchev–Trinajstić information content (AvgIpc) is 2.85. The van der Waals surface area contributed by atoms with Crippen LogP contribution in [0.1, 0.15) is 18.5 Å². The van der Waals surface area contributed by atoms with Crippen LogP contribution in [0.4, 0.5) is 5.69 Å². The summed E-state index contributed by atoms with van der Waals surface area (Å²) < 4.78 is 1.57. The molecule has 1 atom stereocenters. The van der Waals surface area contributed by atoms with Crippen molar-refractivity contribution in [3.63, 3.8) is 0 Å². The van der Waals surface area contributed by atoms with Crippen LogP contribution in [0.15, 0.2) is 36.7 Å². The summed E-state index contributed by atoms with van der Waals surface area (Å²) in [5, 5.41) is 19.4. The number of nitrogens with one attached hydrogen (secondary N) is 2. The molecule has 3 N–H and O–H groups in total. The van der Waals surface area contributed by atoms with E-state index < -0.39 is 0 Å². The Balaban J connectivity index is 2.01. The van der Waals surface area contributed by atoms with E-state index in [1.54, 1.807) is 42.3 Å². The molecular formula is C14H18N4O2. The first-order chi connectivity index (χ1) is 9.58. The molecule has 0 aliphatic heterocycles. The Bertz CT molecular complexity index is 594. The summed E-state index contributed by atoms with van der Waals surface area (Å²) in [5.74, 6) is 0.146. The van der Waals surface area contributed by atoms with E-state index in [2.05, 4.69) is 15.7 Å². The summed E-state index contributed by atoms with van der Waals surface area (Å²) in [4.78, 5) is 11.3. The summed E-state index contributed by atoms with van der Waals surface area (Å²) in [7, 11) is 1.59. The Morgan fingerprint density at radius 2 is 2.30 bits per heavy atom. The highest BCUT2D eigenvalue weighted by molar-refractivity contribution is 5.75. The normalized spacial score (nSPS) is 11.9. The van der Waals surface area contributed by atoms with Crippen LogP contribution in [0.25, 0.3) is 0 Å². The molecule has 0 saturated heterocycles. The number of amides is 1. The number of rotatable bonds is 5. The molecule has 0 aliphatic carbocycles. The monoisotopic (exact) mass is 274 g/mol. The topological polar surface area (TPSA) is 79.2 Å². The van der Waals surface area contributed by atoms with Crippen molar-refractivity contribution < 1.29 is 9.90 Å². The summed E-state index contributed by atoms with van der Waals surface area (Å²) >= 11 is 0. The van der Waals surface area contributed by atoms with Gasteiger partial charge in [-0.1, -0.05) is 12.1 Å². The van der Waals surface area contributed by atoms with E-state index in [1.165, 1.54) is 0 Å². The number of carbonyl (C=O) groups excluding carboxylic acids is 1. The number of nitrogens with zero attached hydrogens (tertiary/aromatic N) is 2. The molecule has 0 spiro atoms. The minimum Gasteiger partial charge on any atom is -0.508 e. The summed E-state index contributed by atoms with van der Waals surface area (Å²) in [5.41, 5.74) is 1.80. The molecule has 2 rings (SSSR count). The fraction of sp³-hybridized carbons (Fsp3) is 0.286. The van der Waals surface area contributed by atoms with Gasteiger partial charge >= 0.3 is 0 Å². The molecule has 6 nitrogen and oxygen atoms in total. The Kier molecular flexibility index (Phi) is 4.24. The number of benzene rings is 1. The molecular weight excluding hydrogens is 256 g/mol. The molecule has 2 aromatic rings. The van der Waals surface area contributed by atoms with Crippen molar-refractivity contribution in [2.75, 3.05) is 12.4 Å². The molecule has 0 saturated carbocycles. The third-order valence-electron chi connectivity index (χ3n) is 2.97. The average molecular weight is 274 g/mol. The van der Waals surface area contributed by atoms with E-state index in [0.717, 1.165) is 11.3 Å². The van der Waals surface area contributed by atoms with Gasteiger partial charge < -0.3 is 15.7 Å². The molecule has 20 heavy (non-hydrogen) atoms. The van der Waals surface area contributed by atoms with E-state index in [1.807, 2.05) is 13.0 Å². The molecule has 1 unspecified atom stereocenters. The van der Waals surface area contributed by atoms with E-state index in [-0.39, 0.29) is 24.2 Å². The number of aromatic nitrogens is 2. The Labute approximate surface area is 117 Å². The Hall–Kier alpha value is -2.50. The van der Waals surface area contributed by atoms with Crippen LogP contribution >= 0.6 is 0 Å². The van der Waals surface area contributed by atoms with Crippen LogP contribution in [0, 0.1) is 0 Å². The second-order valence-corrected chi connectivity index (χ2v) is 4.56. The minimum atomic E-state index is -0.0966. The lowest BCUT2D eigenvalue weighted by Gasteiger charge is -2.14. The van der Waals surface area contributed by atoms with Crippen molar-refractivity contribution >= 4 is 11.6 Å². The van der Waals surface area contributed by atoms with Crippen molar-refractivity contribution in [3.8, 4) is 5.75 Å². The van der Waals surface area contributed by atoms with Crippen LogP contribution < -0.4 is 10.6 Å². The zero-order valence-electron chi connectivity index (χ0n) is 11.5. The quantitative estimate of drug-likeness (QED) is 0.772. The molecule has 1 aromatic heterocycles. The first-order valence-electron chi connectivity index (χ1n) is 6.37. The standard InChI is InChI=1S/C14H18N4O2/c1-10(11-4-3-5-13(19)6-11)17-12-7-16-18(8-12)9-14(20)15-2/h3-8,10,17,19H,9H2,1-2H3,(H,15,20). The molecule has 6 heteroatoms. The first kappa shape index (κ1) is 13.9. The summed E-state index contributed by atoms with van der Waals surface area (Å²) in [6.07, 6.45) is 3.44. The van der Waals surface area contributed by atoms with Gasteiger partial charge in [0.05, 0.1) is 11.9 Å². The Morgan fingerprint density at radius 3 is 3.00 bits per heavy atom. The molecule has 106 valence electrons. The fourth-order valence-corrected chi connectivity index (χ4v) is 1.88. The van der Waals surface area contributed by atoms with E-state index >= 15 is 0 Å². The highest BCUT2D eigenvalue weighted by atomic mass is 16.3. The summed E-state index contributed by atoms with van der Waals surface area (Å²) in [6, 6.07) is 7.12. The minimum absolute atomic E-state index is 0.0275. The van der Waals surface area contributed by atoms with Gasteiger partial charge in [-0.3, -0.25) is 9.48 Å². The number of hydrogen-bond acceptors (Lipinski definition) is 4. The highest BCUT2D eigenvalue weighted by Crippen LogP contribution is 2.21. The number of phenols is 1. The van der Waals surface area contributed by atoms with Gasteiger partial charge in [-0.25, -0.2) is 0 Å². The van der Waals surface area contributed by atoms with Crippen molar-refractivity contribution in [2.45, 2.75) is 19.5 Å². The van der Waals surface area contributed by atoms with Gasteiger partial charge in [0.15, 0.2) is 0 Å². The van der Waals surface area contributed by atoms with Crippen LogP contribution in [0.2, 0.25) is 0 Å². The lowest BCUT2D eigenvalue weighted by Crippen LogP contribution is -2.23. The van der Waals surface area contributed by atoms with Gasteiger partial charge in [0.2, 0.25) is 5.91 Å². The predicted octanol–water partition coefficient (Wildman–Crippen LogP) is 1.51. The van der Waals surface area contributed by atoms with Crippen LogP contribution in [0.5, 0.6) is 5.75 Å². The second-order valence-electron chi connectivity index (χ2n) is 4.56. The van der Waals surface area contributed by atoms with Crippen LogP contribution in [0.3, 0.4) is 0 Å². The van der Waals surface area contributed by atoms with Gasteiger partial charge in [-0.05, 0) is 24.6 Å². The number of carbonyl (C=O) groups is 1. The first-order valence-corrected chi connectivity index (χ1v) is 6.37. The SMILES string of the molecule is CNC(=O)Cn1cc(NC(C)c2cccc(O)c2)cn1. The largest absolute Gasteiger partial charge is 0.508 e. The second kappa shape index (κ2) is 6.10. The molecule has 0 bridgehead atoms. The molecule has 0 aliphatic rings. The maximum Gasteiger partial charge on any atom is 0.241 e. The zero-order chi connectivity index (χ0) is 14.5. The molecule has 1 aromatic carbocycles. The zero-order valence-corrected chi connectivity index (χ0v) is 11.5. The maximum atomic E-state index is 11.3. The fourth-order valence-electron chi connectivity index (χ4n) is 1.88. The van der Waals surface area contributed by atoms with Crippen LogP contribution in [-0.4, -0.2) is 27.8 Å². The Morgan fingerprint density at radius 1 is 1.50 bits per heavy atom. The number of aromatic hydroxyl groups is 1. The maximum absolute atomic E-state index is 11.3. The third-order valence-corrected chi connectivity index (χ3v) is 2.97. The van der Waals surface area contributed by atoms with E-state index in [9.17, 15) is 9.90 Å². The highest BCUT2D eigenvalue weighted by Gasteiger charge is 2.08. The number of hydrogen-bond donors (Lipinski definition) is 3. The molecule has 0 radical (unpaired) electrons. The molecule has 1 amide bonds. The lowest BCUT2D eigenvalue weighted by atomic mass is 10.1. The van der Waals surface area contributed by atoms with Crippen molar-refractivity contribution in [1.29, 1.82) is 0 Å². The van der Waals surface area contributed by atoms with Gasteiger partial charge in [-0.2, -0.15) is 5.10 Å². The van der Waals surface area contributed by atoms with E-state index in [0.29, 0.717) is 0 Å². The van der Waals surface area contributed by atoms with Gasteiger partial charge in [-0.15, -0.1) is 0 Å². The molecule has 0 fully saturated rings. The van der Waals surface area contributed by atoms with Crippen molar-refractivity contribution in [3.05, 3.63) is 42.2 Å². The van der Waals surface area contributed by atoms with Gasteiger partial charge in [0.1, 0.15) is 12.3 Å². The molecule has 1 heterocycles. The van der Waals surface area contributed by atoms with Gasteiger partial charge in [0, 0.05) is 19.3 Å². The van der Waals surface area contributed by atoms with E-state index in [4.69, 9.17) is 0 Å². The number of anilines is 1. The van der Waals surface area contributed by atoms with Gasteiger partial charge in [0.25, 0.3) is 0 Å². The van der Waals surface area contributed by atoms with Crippen LogP contribution in [-0.2, 0) is 11.3 Å². The van der Waals surface area contributed by atoms with Crippen molar-refractivity contribution in [2.24, 2.45) is 0 Å².